The minimum atomic E-state index is -0.349. The van der Waals surface area contributed by atoms with Crippen molar-refractivity contribution in [1.82, 2.24) is 10.6 Å². The van der Waals surface area contributed by atoms with E-state index in [0.29, 0.717) is 6.54 Å². The molecule has 0 aliphatic rings. The molecule has 94 valence electrons. The van der Waals surface area contributed by atoms with Crippen LogP contribution in [0.3, 0.4) is 0 Å². The van der Waals surface area contributed by atoms with Gasteiger partial charge in [0.2, 0.25) is 0 Å². The van der Waals surface area contributed by atoms with E-state index in [9.17, 15) is 9.90 Å². The number of carbonyl (C=O) groups excluding carboxylic acids is 1. The molecule has 1 unspecified atom stereocenters. The molecule has 0 radical (unpaired) electrons. The van der Waals surface area contributed by atoms with Crippen LogP contribution in [0, 0.1) is 0 Å². The number of benzene rings is 1. The van der Waals surface area contributed by atoms with Crippen molar-refractivity contribution < 1.29 is 9.90 Å². The molecule has 0 aliphatic carbocycles. The Balaban J connectivity index is 2.44. The lowest BCUT2D eigenvalue weighted by atomic mass is 10.1. The summed E-state index contributed by atoms with van der Waals surface area (Å²) >= 11 is 0. The molecular weight excluding hydrogens is 216 g/mol. The van der Waals surface area contributed by atoms with Gasteiger partial charge in [0.1, 0.15) is 0 Å². The van der Waals surface area contributed by atoms with E-state index in [1.54, 1.807) is 0 Å². The number of hydrogen-bond donors (Lipinski definition) is 3. The largest absolute Gasteiger partial charge is 0.394 e. The van der Waals surface area contributed by atoms with Gasteiger partial charge in [-0.2, -0.15) is 0 Å². The molecule has 3 N–H and O–H groups in total. The van der Waals surface area contributed by atoms with Gasteiger partial charge in [0, 0.05) is 6.54 Å². The van der Waals surface area contributed by atoms with Gasteiger partial charge in [-0.3, -0.25) is 0 Å². The summed E-state index contributed by atoms with van der Waals surface area (Å²) in [6, 6.07) is 8.85. The Hall–Kier alpha value is -1.55. The highest BCUT2D eigenvalue weighted by atomic mass is 16.3. The van der Waals surface area contributed by atoms with Crippen LogP contribution < -0.4 is 10.6 Å². The summed E-state index contributed by atoms with van der Waals surface area (Å²) in [5.41, 5.74) is 0.903. The van der Waals surface area contributed by atoms with Crippen molar-refractivity contribution >= 4 is 6.03 Å². The molecule has 1 aromatic rings. The van der Waals surface area contributed by atoms with Crippen LogP contribution in [-0.2, 0) is 0 Å². The fourth-order valence-corrected chi connectivity index (χ4v) is 1.51. The Kier molecular flexibility index (Phi) is 6.10. The van der Waals surface area contributed by atoms with Crippen molar-refractivity contribution in [2.75, 3.05) is 13.2 Å². The first-order valence-electron chi connectivity index (χ1n) is 5.98. The minimum absolute atomic E-state index is 0.106. The molecule has 0 saturated carbocycles. The second kappa shape index (κ2) is 7.68. The minimum Gasteiger partial charge on any atom is -0.394 e. The zero-order chi connectivity index (χ0) is 12.5. The second-order valence-electron chi connectivity index (χ2n) is 3.90. The summed E-state index contributed by atoms with van der Waals surface area (Å²) in [5, 5.41) is 14.8. The second-order valence-corrected chi connectivity index (χ2v) is 3.90. The quantitative estimate of drug-likeness (QED) is 0.660. The number of unbranched alkanes of at least 4 members (excludes halogenated alkanes) is 1. The maximum atomic E-state index is 11.5. The molecule has 0 fully saturated rings. The van der Waals surface area contributed by atoms with Crippen LogP contribution >= 0.6 is 0 Å². The average molecular weight is 236 g/mol. The predicted molar refractivity (Wildman–Crippen MR) is 67.7 cm³/mol. The van der Waals surface area contributed by atoms with E-state index in [2.05, 4.69) is 17.6 Å². The Morgan fingerprint density at radius 1 is 1.35 bits per heavy atom. The van der Waals surface area contributed by atoms with Gasteiger partial charge in [-0.15, -0.1) is 0 Å². The van der Waals surface area contributed by atoms with Gasteiger partial charge in [-0.1, -0.05) is 43.7 Å². The van der Waals surface area contributed by atoms with Crippen LogP contribution in [0.4, 0.5) is 4.79 Å². The first-order chi connectivity index (χ1) is 8.27. The molecule has 1 rings (SSSR count). The highest BCUT2D eigenvalue weighted by Crippen LogP contribution is 2.10. The summed E-state index contributed by atoms with van der Waals surface area (Å²) in [5.74, 6) is 0. The number of hydrogen-bond acceptors (Lipinski definition) is 2. The van der Waals surface area contributed by atoms with Gasteiger partial charge in [-0.05, 0) is 12.0 Å². The third-order valence-electron chi connectivity index (χ3n) is 2.51. The SMILES string of the molecule is CCCCNC(=O)NC(CO)c1ccccc1. The molecule has 0 bridgehead atoms. The maximum Gasteiger partial charge on any atom is 0.315 e. The van der Waals surface area contributed by atoms with Gasteiger partial charge in [-0.25, -0.2) is 4.79 Å². The van der Waals surface area contributed by atoms with Crippen LogP contribution in [0.1, 0.15) is 31.4 Å². The molecule has 0 heterocycles. The fourth-order valence-electron chi connectivity index (χ4n) is 1.51. The molecule has 17 heavy (non-hydrogen) atoms. The summed E-state index contributed by atoms with van der Waals surface area (Å²) in [4.78, 5) is 11.5. The molecule has 0 aromatic heterocycles. The fraction of sp³-hybridized carbons (Fsp3) is 0.462. The smallest absolute Gasteiger partial charge is 0.315 e. The molecule has 0 aliphatic heterocycles. The number of rotatable bonds is 6. The van der Waals surface area contributed by atoms with Gasteiger partial charge in [0.15, 0.2) is 0 Å². The van der Waals surface area contributed by atoms with E-state index in [0.717, 1.165) is 18.4 Å². The van der Waals surface area contributed by atoms with Crippen molar-refractivity contribution in [2.24, 2.45) is 0 Å². The topological polar surface area (TPSA) is 61.4 Å². The van der Waals surface area contributed by atoms with Gasteiger partial charge < -0.3 is 15.7 Å². The van der Waals surface area contributed by atoms with E-state index in [1.165, 1.54) is 0 Å². The van der Waals surface area contributed by atoms with Crippen LogP contribution in [-0.4, -0.2) is 24.3 Å². The number of amides is 2. The zero-order valence-corrected chi connectivity index (χ0v) is 10.1. The molecule has 1 aromatic carbocycles. The number of aliphatic hydroxyl groups is 1. The Morgan fingerprint density at radius 3 is 2.65 bits per heavy atom. The molecule has 4 heteroatoms. The van der Waals surface area contributed by atoms with Crippen LogP contribution in [0.15, 0.2) is 30.3 Å². The number of nitrogens with one attached hydrogen (secondary N) is 2. The third kappa shape index (κ3) is 4.87. The van der Waals surface area contributed by atoms with E-state index in [4.69, 9.17) is 0 Å². The lowest BCUT2D eigenvalue weighted by molar-refractivity contribution is 0.217. The predicted octanol–water partition coefficient (Wildman–Crippen LogP) is 1.82. The van der Waals surface area contributed by atoms with Crippen molar-refractivity contribution in [3.05, 3.63) is 35.9 Å². The van der Waals surface area contributed by atoms with Crippen LogP contribution in [0.25, 0.3) is 0 Å². The van der Waals surface area contributed by atoms with Crippen molar-refractivity contribution in [2.45, 2.75) is 25.8 Å². The molecule has 4 nitrogen and oxygen atoms in total. The number of carbonyl (C=O) groups is 1. The Bertz CT molecular complexity index is 327. The summed E-state index contributed by atoms with van der Waals surface area (Å²) < 4.78 is 0. The van der Waals surface area contributed by atoms with Crippen molar-refractivity contribution in [3.63, 3.8) is 0 Å². The van der Waals surface area contributed by atoms with E-state index in [1.807, 2.05) is 30.3 Å². The number of urea groups is 1. The standard InChI is InChI=1S/C13H20N2O2/c1-2-3-9-14-13(17)15-12(10-16)11-7-5-4-6-8-11/h4-8,12,16H,2-3,9-10H2,1H3,(H2,14,15,17). The first-order valence-corrected chi connectivity index (χ1v) is 5.98. The first kappa shape index (κ1) is 13.5. The Labute approximate surface area is 102 Å². The van der Waals surface area contributed by atoms with Crippen molar-refractivity contribution in [1.29, 1.82) is 0 Å². The van der Waals surface area contributed by atoms with Crippen LogP contribution in [0.2, 0.25) is 0 Å². The maximum absolute atomic E-state index is 11.5. The van der Waals surface area contributed by atoms with Gasteiger partial charge in [0.05, 0.1) is 12.6 Å². The van der Waals surface area contributed by atoms with Gasteiger partial charge >= 0.3 is 6.03 Å². The third-order valence-corrected chi connectivity index (χ3v) is 2.51. The van der Waals surface area contributed by atoms with E-state index >= 15 is 0 Å². The van der Waals surface area contributed by atoms with E-state index < -0.39 is 0 Å². The molecule has 1 atom stereocenters. The van der Waals surface area contributed by atoms with E-state index in [-0.39, 0.29) is 18.7 Å². The average Bonchev–Trinajstić information content (AvgIpc) is 2.37. The van der Waals surface area contributed by atoms with Gasteiger partial charge in [0.25, 0.3) is 0 Å². The highest BCUT2D eigenvalue weighted by molar-refractivity contribution is 5.74. The zero-order valence-electron chi connectivity index (χ0n) is 10.1. The lowest BCUT2D eigenvalue weighted by Gasteiger charge is -2.17. The normalized spacial score (nSPS) is 11.9. The summed E-state index contributed by atoms with van der Waals surface area (Å²) in [7, 11) is 0. The molecular formula is C13H20N2O2. The van der Waals surface area contributed by atoms with Crippen LogP contribution in [0.5, 0.6) is 0 Å². The number of aliphatic hydroxyl groups excluding tert-OH is 1. The lowest BCUT2D eigenvalue weighted by Crippen LogP contribution is -2.39. The molecule has 2 amide bonds. The summed E-state index contributed by atoms with van der Waals surface area (Å²) in [6.07, 6.45) is 2.00. The Morgan fingerprint density at radius 2 is 2.06 bits per heavy atom. The summed E-state index contributed by atoms with van der Waals surface area (Å²) in [6.45, 7) is 2.63. The molecule has 0 spiro atoms. The van der Waals surface area contributed by atoms with Crippen molar-refractivity contribution in [3.8, 4) is 0 Å². The molecule has 0 saturated heterocycles. The monoisotopic (exact) mass is 236 g/mol. The highest BCUT2D eigenvalue weighted by Gasteiger charge is 2.12.